The number of nitrogens with zero attached hydrogens (tertiary/aromatic N) is 1. The van der Waals surface area contributed by atoms with E-state index in [0.29, 0.717) is 0 Å². The van der Waals surface area contributed by atoms with Gasteiger partial charge in [-0.15, -0.1) is 0 Å². The lowest BCUT2D eigenvalue weighted by Gasteiger charge is -1.99. The highest BCUT2D eigenvalue weighted by molar-refractivity contribution is 7.89. The van der Waals surface area contributed by atoms with Crippen LogP contribution in [0.3, 0.4) is 0 Å². The number of rotatable bonds is 1. The second-order valence-electron chi connectivity index (χ2n) is 2.82. The summed E-state index contributed by atoms with van der Waals surface area (Å²) in [4.78, 5) is -0.309. The molecule has 0 spiro atoms. The molecule has 16 heavy (non-hydrogen) atoms. The van der Waals surface area contributed by atoms with Crippen molar-refractivity contribution in [2.24, 2.45) is 5.14 Å². The van der Waals surface area contributed by atoms with Crippen LogP contribution in [0.15, 0.2) is 23.1 Å². The molecular weight excluding hydrogens is 231 g/mol. The van der Waals surface area contributed by atoms with E-state index in [0.717, 1.165) is 12.1 Å². The zero-order chi connectivity index (χ0) is 12.2. The first-order chi connectivity index (χ1) is 7.45. The van der Waals surface area contributed by atoms with Gasteiger partial charge in [-0.2, -0.15) is 5.26 Å². The molecule has 0 radical (unpaired) electrons. The van der Waals surface area contributed by atoms with Crippen molar-refractivity contribution in [1.29, 1.82) is 5.26 Å². The van der Waals surface area contributed by atoms with Gasteiger partial charge in [0, 0.05) is 0 Å². The van der Waals surface area contributed by atoms with Gasteiger partial charge in [0.05, 0.1) is 22.9 Å². The zero-order valence-corrected chi connectivity index (χ0v) is 8.88. The normalized spacial score (nSPS) is 10.1. The molecule has 0 bridgehead atoms. The van der Waals surface area contributed by atoms with Gasteiger partial charge in [-0.05, 0) is 18.2 Å². The highest BCUT2D eigenvalue weighted by Crippen LogP contribution is 2.12. The maximum Gasteiger partial charge on any atom is 0.238 e. The fourth-order valence-electron chi connectivity index (χ4n) is 0.953. The lowest BCUT2D eigenvalue weighted by Crippen LogP contribution is -2.12. The first-order valence-corrected chi connectivity index (χ1v) is 5.68. The highest BCUT2D eigenvalue weighted by atomic mass is 32.2. The fraction of sp³-hybridized carbons (Fsp3) is 0.100. The third-order valence-corrected chi connectivity index (χ3v) is 2.57. The maximum atomic E-state index is 13.3. The Labute approximate surface area is 92.5 Å². The number of hydrogen-bond acceptors (Lipinski definition) is 3. The predicted octanol–water partition coefficient (Wildman–Crippen LogP) is 0.738. The molecule has 0 atom stereocenters. The standard InChI is InChI=1S/C10H7FN2O2S/c11-10-7-9(16(13,14)15)5-4-8(10)3-1-2-6-12/h4-5,7H,2H2,(H2,13,14,15). The van der Waals surface area contributed by atoms with Gasteiger partial charge in [-0.1, -0.05) is 11.8 Å². The molecular formula is C10H7FN2O2S. The van der Waals surface area contributed by atoms with E-state index in [1.54, 1.807) is 6.07 Å². The van der Waals surface area contributed by atoms with Gasteiger partial charge in [-0.3, -0.25) is 0 Å². The Bertz CT molecular complexity index is 606. The summed E-state index contributed by atoms with van der Waals surface area (Å²) in [5, 5.41) is 13.0. The molecule has 0 amide bonds. The first kappa shape index (κ1) is 12.2. The van der Waals surface area contributed by atoms with Crippen molar-refractivity contribution >= 4 is 10.0 Å². The largest absolute Gasteiger partial charge is 0.238 e. The summed E-state index contributed by atoms with van der Waals surface area (Å²) in [5.74, 6) is 4.05. The Hall–Kier alpha value is -1.89. The Balaban J connectivity index is 3.13. The number of primary sulfonamides is 1. The molecule has 1 rings (SSSR count). The van der Waals surface area contributed by atoms with Crippen LogP contribution in [0, 0.1) is 29.0 Å². The third kappa shape index (κ3) is 3.06. The highest BCUT2D eigenvalue weighted by Gasteiger charge is 2.10. The average molecular weight is 238 g/mol. The third-order valence-electron chi connectivity index (χ3n) is 1.66. The molecule has 0 heterocycles. The number of nitriles is 1. The summed E-state index contributed by atoms with van der Waals surface area (Å²) in [7, 11) is -3.91. The predicted molar refractivity (Wildman–Crippen MR) is 54.9 cm³/mol. The van der Waals surface area contributed by atoms with Crippen LogP contribution in [-0.4, -0.2) is 8.42 Å². The van der Waals surface area contributed by atoms with Crippen molar-refractivity contribution in [1.82, 2.24) is 0 Å². The molecule has 1 aromatic rings. The minimum atomic E-state index is -3.91. The van der Waals surface area contributed by atoms with Crippen LogP contribution in [0.2, 0.25) is 0 Å². The van der Waals surface area contributed by atoms with Crippen LogP contribution >= 0.6 is 0 Å². The Morgan fingerprint density at radius 2 is 2.12 bits per heavy atom. The van der Waals surface area contributed by atoms with Gasteiger partial charge < -0.3 is 0 Å². The van der Waals surface area contributed by atoms with Crippen LogP contribution < -0.4 is 5.14 Å². The summed E-state index contributed by atoms with van der Waals surface area (Å²) in [6.07, 6.45) is -0.0175. The van der Waals surface area contributed by atoms with E-state index in [4.69, 9.17) is 10.4 Å². The molecule has 0 aromatic heterocycles. The second kappa shape index (κ2) is 4.75. The lowest BCUT2D eigenvalue weighted by atomic mass is 10.2. The minimum absolute atomic E-state index is 0.0175. The van der Waals surface area contributed by atoms with Crippen molar-refractivity contribution in [2.45, 2.75) is 11.3 Å². The quantitative estimate of drug-likeness (QED) is 0.732. The fourth-order valence-corrected chi connectivity index (χ4v) is 1.48. The van der Waals surface area contributed by atoms with E-state index in [-0.39, 0.29) is 16.9 Å². The van der Waals surface area contributed by atoms with Gasteiger partial charge in [-0.25, -0.2) is 17.9 Å². The Morgan fingerprint density at radius 1 is 1.44 bits per heavy atom. The first-order valence-electron chi connectivity index (χ1n) is 4.13. The summed E-state index contributed by atoms with van der Waals surface area (Å²) in [5.41, 5.74) is 0.0302. The van der Waals surface area contributed by atoms with Crippen LogP contribution in [0.5, 0.6) is 0 Å². The molecule has 0 aliphatic rings. The number of halogens is 1. The number of hydrogen-bond donors (Lipinski definition) is 1. The molecule has 0 unspecified atom stereocenters. The maximum absolute atomic E-state index is 13.3. The van der Waals surface area contributed by atoms with E-state index in [1.165, 1.54) is 6.07 Å². The summed E-state index contributed by atoms with van der Waals surface area (Å²) < 4.78 is 35.1. The summed E-state index contributed by atoms with van der Waals surface area (Å²) >= 11 is 0. The number of benzene rings is 1. The SMILES string of the molecule is N#CCC#Cc1ccc(S(N)(=O)=O)cc1F. The van der Waals surface area contributed by atoms with Crippen molar-refractivity contribution in [2.75, 3.05) is 0 Å². The molecule has 82 valence electrons. The van der Waals surface area contributed by atoms with E-state index in [1.807, 2.05) is 0 Å². The molecule has 6 heteroatoms. The van der Waals surface area contributed by atoms with E-state index >= 15 is 0 Å². The van der Waals surface area contributed by atoms with Crippen LogP contribution in [-0.2, 0) is 10.0 Å². The van der Waals surface area contributed by atoms with Gasteiger partial charge in [0.1, 0.15) is 5.82 Å². The molecule has 0 aliphatic carbocycles. The van der Waals surface area contributed by atoms with Crippen molar-refractivity contribution in [3.8, 4) is 17.9 Å². The van der Waals surface area contributed by atoms with Crippen LogP contribution in [0.25, 0.3) is 0 Å². The molecule has 0 saturated heterocycles. The Morgan fingerprint density at radius 3 is 2.62 bits per heavy atom. The average Bonchev–Trinajstić information content (AvgIpc) is 2.19. The smallest absolute Gasteiger partial charge is 0.225 e. The molecule has 1 aromatic carbocycles. The molecule has 2 N–H and O–H groups in total. The molecule has 0 fully saturated rings. The van der Waals surface area contributed by atoms with E-state index < -0.39 is 15.8 Å². The summed E-state index contributed by atoms with van der Waals surface area (Å²) in [6, 6.07) is 4.95. The minimum Gasteiger partial charge on any atom is -0.225 e. The van der Waals surface area contributed by atoms with Gasteiger partial charge in [0.2, 0.25) is 10.0 Å². The van der Waals surface area contributed by atoms with Gasteiger partial charge in [0.15, 0.2) is 0 Å². The number of sulfonamides is 1. The lowest BCUT2D eigenvalue weighted by molar-refractivity contribution is 0.591. The van der Waals surface area contributed by atoms with Crippen LogP contribution in [0.4, 0.5) is 4.39 Å². The van der Waals surface area contributed by atoms with Gasteiger partial charge >= 0.3 is 0 Å². The van der Waals surface area contributed by atoms with Crippen molar-refractivity contribution in [3.63, 3.8) is 0 Å². The molecule has 4 nitrogen and oxygen atoms in total. The monoisotopic (exact) mass is 238 g/mol. The van der Waals surface area contributed by atoms with E-state index in [2.05, 4.69) is 11.8 Å². The molecule has 0 aliphatic heterocycles. The van der Waals surface area contributed by atoms with Crippen molar-refractivity contribution < 1.29 is 12.8 Å². The second-order valence-corrected chi connectivity index (χ2v) is 4.38. The van der Waals surface area contributed by atoms with Gasteiger partial charge in [0.25, 0.3) is 0 Å². The van der Waals surface area contributed by atoms with Crippen LogP contribution in [0.1, 0.15) is 12.0 Å². The van der Waals surface area contributed by atoms with Crippen molar-refractivity contribution in [3.05, 3.63) is 29.6 Å². The zero-order valence-electron chi connectivity index (χ0n) is 8.07. The Kier molecular flexibility index (Phi) is 3.62. The van der Waals surface area contributed by atoms with E-state index in [9.17, 15) is 12.8 Å². The molecule has 0 saturated carbocycles. The topological polar surface area (TPSA) is 83.9 Å². The number of nitrogens with two attached hydrogens (primary N) is 1. The summed E-state index contributed by atoms with van der Waals surface area (Å²) in [6.45, 7) is 0.